The molecule has 5 heteroatoms. The SMILES string of the molecule is OCCn1cc[n+](CCO)c1.[Cl-]. The van der Waals surface area contributed by atoms with Crippen LogP contribution in [0.2, 0.25) is 0 Å². The minimum absolute atomic E-state index is 0. The molecule has 1 heterocycles. The van der Waals surface area contributed by atoms with Crippen LogP contribution in [0, 0.1) is 0 Å². The number of imidazole rings is 1. The summed E-state index contributed by atoms with van der Waals surface area (Å²) in [6.07, 6.45) is 5.59. The molecule has 0 aromatic carbocycles. The van der Waals surface area contributed by atoms with E-state index in [0.29, 0.717) is 13.1 Å². The average molecular weight is 193 g/mol. The van der Waals surface area contributed by atoms with E-state index in [4.69, 9.17) is 10.2 Å². The summed E-state index contributed by atoms with van der Waals surface area (Å²) in [6, 6.07) is 0. The van der Waals surface area contributed by atoms with Crippen molar-refractivity contribution in [2.75, 3.05) is 13.2 Å². The molecule has 0 aliphatic heterocycles. The van der Waals surface area contributed by atoms with Crippen molar-refractivity contribution in [1.29, 1.82) is 0 Å². The molecule has 0 spiro atoms. The molecule has 0 saturated heterocycles. The van der Waals surface area contributed by atoms with E-state index in [1.54, 1.807) is 0 Å². The van der Waals surface area contributed by atoms with Crippen LogP contribution in [0.25, 0.3) is 0 Å². The van der Waals surface area contributed by atoms with Crippen molar-refractivity contribution < 1.29 is 27.2 Å². The largest absolute Gasteiger partial charge is 1.00 e. The van der Waals surface area contributed by atoms with Crippen LogP contribution in [0.1, 0.15) is 0 Å². The van der Waals surface area contributed by atoms with E-state index in [1.165, 1.54) is 0 Å². The molecule has 1 rings (SSSR count). The van der Waals surface area contributed by atoms with Gasteiger partial charge in [-0.1, -0.05) is 0 Å². The van der Waals surface area contributed by atoms with Crippen molar-refractivity contribution in [2.45, 2.75) is 13.1 Å². The summed E-state index contributed by atoms with van der Waals surface area (Å²) >= 11 is 0. The lowest BCUT2D eigenvalue weighted by Gasteiger charge is -1.89. The van der Waals surface area contributed by atoms with Gasteiger partial charge in [0.05, 0.1) is 13.2 Å². The first-order valence-electron chi connectivity index (χ1n) is 3.63. The Morgan fingerprint density at radius 3 is 2.58 bits per heavy atom. The van der Waals surface area contributed by atoms with E-state index >= 15 is 0 Å². The molecule has 0 unspecified atom stereocenters. The molecule has 0 atom stereocenters. The van der Waals surface area contributed by atoms with Crippen molar-refractivity contribution >= 4 is 0 Å². The number of hydrogen-bond donors (Lipinski definition) is 2. The molecule has 0 amide bonds. The van der Waals surface area contributed by atoms with Gasteiger partial charge in [0.2, 0.25) is 6.33 Å². The van der Waals surface area contributed by atoms with Gasteiger partial charge in [-0.25, -0.2) is 9.13 Å². The van der Waals surface area contributed by atoms with Crippen LogP contribution >= 0.6 is 0 Å². The third kappa shape index (κ3) is 3.21. The van der Waals surface area contributed by atoms with E-state index in [-0.39, 0.29) is 25.6 Å². The highest BCUT2D eigenvalue weighted by Crippen LogP contribution is 1.82. The van der Waals surface area contributed by atoms with E-state index in [2.05, 4.69) is 0 Å². The molecule has 70 valence electrons. The van der Waals surface area contributed by atoms with E-state index in [1.807, 2.05) is 27.9 Å². The Balaban J connectivity index is 0.00000121. The molecule has 1 aromatic rings. The fraction of sp³-hybridized carbons (Fsp3) is 0.571. The fourth-order valence-electron chi connectivity index (χ4n) is 0.934. The maximum atomic E-state index is 8.58. The molecule has 0 radical (unpaired) electrons. The molecule has 0 fully saturated rings. The lowest BCUT2D eigenvalue weighted by molar-refractivity contribution is -0.697. The summed E-state index contributed by atoms with van der Waals surface area (Å²) in [7, 11) is 0. The van der Waals surface area contributed by atoms with Crippen LogP contribution in [0.15, 0.2) is 18.7 Å². The zero-order valence-electron chi connectivity index (χ0n) is 6.73. The van der Waals surface area contributed by atoms with Gasteiger partial charge in [0.25, 0.3) is 0 Å². The first-order valence-corrected chi connectivity index (χ1v) is 3.63. The minimum atomic E-state index is 0. The summed E-state index contributed by atoms with van der Waals surface area (Å²) in [6.45, 7) is 1.51. The Kier molecular flexibility index (Phi) is 5.70. The summed E-state index contributed by atoms with van der Waals surface area (Å²) in [5.41, 5.74) is 0. The van der Waals surface area contributed by atoms with Crippen molar-refractivity contribution in [2.24, 2.45) is 0 Å². The van der Waals surface area contributed by atoms with Crippen LogP contribution in [0.3, 0.4) is 0 Å². The number of aromatic nitrogens is 2. The van der Waals surface area contributed by atoms with Gasteiger partial charge in [-0.2, -0.15) is 0 Å². The molecular formula is C7H13ClN2O2. The maximum absolute atomic E-state index is 8.58. The smallest absolute Gasteiger partial charge is 0.243 e. The second kappa shape index (κ2) is 5.99. The van der Waals surface area contributed by atoms with Gasteiger partial charge in [-0.3, -0.25) is 0 Å². The number of aliphatic hydroxyl groups excluding tert-OH is 2. The Morgan fingerprint density at radius 2 is 2.00 bits per heavy atom. The molecule has 0 aliphatic rings. The lowest BCUT2D eigenvalue weighted by Crippen LogP contribution is -3.00. The summed E-state index contributed by atoms with van der Waals surface area (Å²) < 4.78 is 3.74. The highest BCUT2D eigenvalue weighted by molar-refractivity contribution is 4.65. The van der Waals surface area contributed by atoms with Gasteiger partial charge < -0.3 is 22.6 Å². The second-order valence-corrected chi connectivity index (χ2v) is 2.34. The summed E-state index contributed by atoms with van der Waals surface area (Å²) in [5, 5.41) is 17.2. The van der Waals surface area contributed by atoms with E-state index < -0.39 is 0 Å². The van der Waals surface area contributed by atoms with Crippen molar-refractivity contribution in [3.05, 3.63) is 18.7 Å². The van der Waals surface area contributed by atoms with Gasteiger partial charge in [0.1, 0.15) is 25.5 Å². The first kappa shape index (κ1) is 11.4. The highest BCUT2D eigenvalue weighted by atomic mass is 35.5. The average Bonchev–Trinajstić information content (AvgIpc) is 2.38. The quantitative estimate of drug-likeness (QED) is 0.475. The van der Waals surface area contributed by atoms with Crippen LogP contribution in [0.4, 0.5) is 0 Å². The number of rotatable bonds is 4. The Labute approximate surface area is 77.5 Å². The zero-order valence-corrected chi connectivity index (χ0v) is 7.48. The number of hydrogen-bond acceptors (Lipinski definition) is 2. The Hall–Kier alpha value is -0.580. The van der Waals surface area contributed by atoms with Crippen LogP contribution in [0.5, 0.6) is 0 Å². The third-order valence-corrected chi connectivity index (χ3v) is 1.46. The molecule has 1 aromatic heterocycles. The summed E-state index contributed by atoms with van der Waals surface area (Å²) in [5.74, 6) is 0. The van der Waals surface area contributed by atoms with Gasteiger partial charge in [-0.15, -0.1) is 0 Å². The molecule has 2 N–H and O–H groups in total. The molecule has 0 bridgehead atoms. The van der Waals surface area contributed by atoms with Crippen LogP contribution in [-0.4, -0.2) is 28.0 Å². The third-order valence-electron chi connectivity index (χ3n) is 1.46. The molecule has 12 heavy (non-hydrogen) atoms. The zero-order chi connectivity index (χ0) is 8.10. The van der Waals surface area contributed by atoms with Gasteiger partial charge in [0, 0.05) is 0 Å². The normalized spacial score (nSPS) is 9.50. The topological polar surface area (TPSA) is 49.3 Å². The monoisotopic (exact) mass is 192 g/mol. The molecule has 0 aliphatic carbocycles. The molecular weight excluding hydrogens is 180 g/mol. The Morgan fingerprint density at radius 1 is 1.25 bits per heavy atom. The maximum Gasteiger partial charge on any atom is 0.243 e. The summed E-state index contributed by atoms with van der Waals surface area (Å²) in [4.78, 5) is 0. The van der Waals surface area contributed by atoms with Crippen LogP contribution < -0.4 is 17.0 Å². The van der Waals surface area contributed by atoms with Crippen molar-refractivity contribution in [3.8, 4) is 0 Å². The number of halogens is 1. The second-order valence-electron chi connectivity index (χ2n) is 2.34. The van der Waals surface area contributed by atoms with E-state index in [0.717, 1.165) is 0 Å². The number of aliphatic hydroxyl groups is 2. The highest BCUT2D eigenvalue weighted by Gasteiger charge is 2.00. The Bertz CT molecular complexity index is 194. The van der Waals surface area contributed by atoms with Gasteiger partial charge in [-0.05, 0) is 0 Å². The molecule has 0 saturated carbocycles. The van der Waals surface area contributed by atoms with E-state index in [9.17, 15) is 0 Å². The van der Waals surface area contributed by atoms with Crippen LogP contribution in [-0.2, 0) is 13.1 Å². The predicted molar refractivity (Wildman–Crippen MR) is 38.8 cm³/mol. The van der Waals surface area contributed by atoms with Gasteiger partial charge in [0.15, 0.2) is 0 Å². The standard InChI is InChI=1S/C7H13N2O2.ClH/c10-5-3-8-1-2-9(7-8)4-6-11;/h1-2,7,10-11H,3-6H2;1H/q+1;/p-1. The molecule has 4 nitrogen and oxygen atoms in total. The van der Waals surface area contributed by atoms with Gasteiger partial charge >= 0.3 is 0 Å². The first-order chi connectivity index (χ1) is 5.36. The van der Waals surface area contributed by atoms with Crippen molar-refractivity contribution in [3.63, 3.8) is 0 Å². The van der Waals surface area contributed by atoms with Crippen molar-refractivity contribution in [1.82, 2.24) is 4.57 Å². The fourth-order valence-corrected chi connectivity index (χ4v) is 0.934. The number of nitrogens with zero attached hydrogens (tertiary/aromatic N) is 2. The minimum Gasteiger partial charge on any atom is -1.00 e. The lowest BCUT2D eigenvalue weighted by atomic mass is 10.7. The predicted octanol–water partition coefficient (Wildman–Crippen LogP) is -4.24.